The molecule has 0 saturated heterocycles. The Hall–Kier alpha value is -1.43. The van der Waals surface area contributed by atoms with Gasteiger partial charge in [-0.05, 0) is 39.5 Å². The van der Waals surface area contributed by atoms with Crippen LogP contribution in [0.1, 0.15) is 39.7 Å². The molecule has 5 nitrogen and oxygen atoms in total. The molecule has 0 unspecified atom stereocenters. The smallest absolute Gasteiger partial charge is 0.218 e. The van der Waals surface area contributed by atoms with Crippen molar-refractivity contribution in [3.05, 3.63) is 23.9 Å². The predicted molar refractivity (Wildman–Crippen MR) is 100 cm³/mol. The van der Waals surface area contributed by atoms with Gasteiger partial charge in [0.15, 0.2) is 5.96 Å². The first-order valence-corrected chi connectivity index (χ1v) is 9.39. The normalized spacial score (nSPS) is 12.1. The van der Waals surface area contributed by atoms with E-state index in [4.69, 9.17) is 4.74 Å². The second-order valence-electron chi connectivity index (χ2n) is 5.83. The number of nitrogens with zero attached hydrogens (tertiary/aromatic N) is 2. The molecule has 0 aliphatic rings. The van der Waals surface area contributed by atoms with Crippen LogP contribution in [0.5, 0.6) is 5.88 Å². The predicted octanol–water partition coefficient (Wildman–Crippen LogP) is 3.07. The Bertz CT molecular complexity index is 491. The summed E-state index contributed by atoms with van der Waals surface area (Å²) in [6, 6.07) is 3.93. The highest BCUT2D eigenvalue weighted by Crippen LogP contribution is 2.19. The van der Waals surface area contributed by atoms with E-state index >= 15 is 0 Å². The topological polar surface area (TPSA) is 58.5 Å². The lowest BCUT2D eigenvalue weighted by molar-refractivity contribution is 0.302. The molecule has 0 bridgehead atoms. The number of guanidine groups is 1. The molecule has 1 aromatic rings. The highest BCUT2D eigenvalue weighted by atomic mass is 32.2. The minimum Gasteiger partial charge on any atom is -0.477 e. The molecule has 130 valence electrons. The summed E-state index contributed by atoms with van der Waals surface area (Å²) in [5.41, 5.74) is 1.00. The van der Waals surface area contributed by atoms with Gasteiger partial charge >= 0.3 is 0 Å². The number of hydrogen-bond acceptors (Lipinski definition) is 4. The van der Waals surface area contributed by atoms with Crippen molar-refractivity contribution in [3.63, 3.8) is 0 Å². The monoisotopic (exact) mass is 338 g/mol. The largest absolute Gasteiger partial charge is 0.477 e. The van der Waals surface area contributed by atoms with Gasteiger partial charge in [0, 0.05) is 29.6 Å². The fraction of sp³-hybridized carbons (Fsp3) is 0.647. The molecule has 23 heavy (non-hydrogen) atoms. The lowest BCUT2D eigenvalue weighted by Crippen LogP contribution is -2.43. The summed E-state index contributed by atoms with van der Waals surface area (Å²) in [5.74, 6) is 1.50. The fourth-order valence-electron chi connectivity index (χ4n) is 1.75. The molecule has 0 amide bonds. The first-order valence-electron chi connectivity index (χ1n) is 8.16. The summed E-state index contributed by atoms with van der Waals surface area (Å²) in [6.07, 6.45) is 4.84. The second kappa shape index (κ2) is 10.4. The van der Waals surface area contributed by atoms with Crippen LogP contribution in [0.2, 0.25) is 0 Å². The second-order valence-corrected chi connectivity index (χ2v) is 7.34. The molecule has 1 aromatic heterocycles. The third kappa shape index (κ3) is 7.59. The average molecular weight is 339 g/mol. The maximum Gasteiger partial charge on any atom is 0.218 e. The zero-order valence-corrected chi connectivity index (χ0v) is 15.8. The molecule has 0 aliphatic heterocycles. The number of aromatic nitrogens is 1. The SMILES string of the molecule is CCCOc1ncccc1CN=C(NCC)NCC(C)(C)SC. The first kappa shape index (κ1) is 19.6. The molecule has 0 radical (unpaired) electrons. The number of nitrogens with one attached hydrogen (secondary N) is 2. The Balaban J connectivity index is 2.73. The van der Waals surface area contributed by atoms with E-state index in [0.717, 1.165) is 31.0 Å². The minimum absolute atomic E-state index is 0.167. The van der Waals surface area contributed by atoms with Crippen LogP contribution in [-0.2, 0) is 6.54 Å². The van der Waals surface area contributed by atoms with Crippen molar-refractivity contribution in [2.24, 2.45) is 4.99 Å². The van der Waals surface area contributed by atoms with Gasteiger partial charge in [0.1, 0.15) is 0 Å². The molecule has 0 fully saturated rings. The molecule has 2 N–H and O–H groups in total. The standard InChI is InChI=1S/C17H30N4OS/c1-6-11-22-15-14(9-8-10-19-15)12-20-16(18-7-2)21-13-17(3,4)23-5/h8-10H,6-7,11-13H2,1-5H3,(H2,18,20,21). The Kier molecular flexibility index (Phi) is 8.84. The molecule has 1 rings (SSSR count). The summed E-state index contributed by atoms with van der Waals surface area (Å²) >= 11 is 1.84. The first-order chi connectivity index (χ1) is 11.0. The Morgan fingerprint density at radius 2 is 2.13 bits per heavy atom. The number of hydrogen-bond donors (Lipinski definition) is 2. The maximum absolute atomic E-state index is 5.69. The van der Waals surface area contributed by atoms with Crippen LogP contribution in [0.4, 0.5) is 0 Å². The Morgan fingerprint density at radius 3 is 2.78 bits per heavy atom. The van der Waals surface area contributed by atoms with E-state index in [1.165, 1.54) is 0 Å². The summed E-state index contributed by atoms with van der Waals surface area (Å²) in [5, 5.41) is 6.68. The lowest BCUT2D eigenvalue weighted by Gasteiger charge is -2.23. The number of rotatable bonds is 9. The number of ether oxygens (including phenoxy) is 1. The zero-order chi connectivity index (χ0) is 17.1. The number of thioether (sulfide) groups is 1. The van der Waals surface area contributed by atoms with E-state index in [1.54, 1.807) is 6.20 Å². The highest BCUT2D eigenvalue weighted by molar-refractivity contribution is 7.99. The van der Waals surface area contributed by atoms with Crippen molar-refractivity contribution >= 4 is 17.7 Å². The van der Waals surface area contributed by atoms with Gasteiger partial charge < -0.3 is 15.4 Å². The fourth-order valence-corrected chi connectivity index (χ4v) is 1.96. The van der Waals surface area contributed by atoms with Gasteiger partial charge in [-0.15, -0.1) is 0 Å². The van der Waals surface area contributed by atoms with Crippen molar-refractivity contribution in [1.29, 1.82) is 0 Å². The maximum atomic E-state index is 5.69. The lowest BCUT2D eigenvalue weighted by atomic mass is 10.2. The molecule has 0 saturated carbocycles. The summed E-state index contributed by atoms with van der Waals surface area (Å²) < 4.78 is 5.85. The van der Waals surface area contributed by atoms with E-state index < -0.39 is 0 Å². The molecule has 1 heterocycles. The summed E-state index contributed by atoms with van der Waals surface area (Å²) in [4.78, 5) is 8.96. The van der Waals surface area contributed by atoms with Crippen LogP contribution in [-0.4, -0.2) is 41.6 Å². The third-order valence-corrected chi connectivity index (χ3v) is 4.53. The quantitative estimate of drug-likeness (QED) is 0.535. The van der Waals surface area contributed by atoms with Crippen LogP contribution < -0.4 is 15.4 Å². The van der Waals surface area contributed by atoms with E-state index in [0.29, 0.717) is 19.0 Å². The van der Waals surface area contributed by atoms with Crippen LogP contribution in [0, 0.1) is 0 Å². The molecule has 6 heteroatoms. The van der Waals surface area contributed by atoms with E-state index in [1.807, 2.05) is 23.9 Å². The summed E-state index contributed by atoms with van der Waals surface area (Å²) in [6.45, 7) is 11.5. The van der Waals surface area contributed by atoms with Gasteiger partial charge in [-0.3, -0.25) is 0 Å². The summed E-state index contributed by atoms with van der Waals surface area (Å²) in [7, 11) is 0. The van der Waals surface area contributed by atoms with Crippen molar-refractivity contribution in [3.8, 4) is 5.88 Å². The van der Waals surface area contributed by atoms with Gasteiger partial charge in [-0.25, -0.2) is 9.98 Å². The van der Waals surface area contributed by atoms with Gasteiger partial charge in [0.05, 0.1) is 13.2 Å². The van der Waals surface area contributed by atoms with E-state index in [-0.39, 0.29) is 4.75 Å². The third-order valence-electron chi connectivity index (χ3n) is 3.28. The van der Waals surface area contributed by atoms with Gasteiger partial charge in [0.25, 0.3) is 0 Å². The highest BCUT2D eigenvalue weighted by Gasteiger charge is 2.16. The van der Waals surface area contributed by atoms with Crippen molar-refractivity contribution < 1.29 is 4.74 Å². The Labute approximate surface area is 144 Å². The molecular formula is C17H30N4OS. The van der Waals surface area contributed by atoms with Crippen LogP contribution in [0.25, 0.3) is 0 Å². The van der Waals surface area contributed by atoms with Crippen molar-refractivity contribution in [2.75, 3.05) is 26.0 Å². The molecule has 0 aliphatic carbocycles. The number of aliphatic imine (C=N–C) groups is 1. The average Bonchev–Trinajstić information content (AvgIpc) is 2.56. The van der Waals surface area contributed by atoms with Crippen LogP contribution >= 0.6 is 11.8 Å². The van der Waals surface area contributed by atoms with Crippen LogP contribution in [0.3, 0.4) is 0 Å². The van der Waals surface area contributed by atoms with Gasteiger partial charge in [-0.1, -0.05) is 13.0 Å². The minimum atomic E-state index is 0.167. The van der Waals surface area contributed by atoms with Crippen LogP contribution in [0.15, 0.2) is 23.3 Å². The van der Waals surface area contributed by atoms with Crippen molar-refractivity contribution in [2.45, 2.75) is 45.4 Å². The zero-order valence-electron chi connectivity index (χ0n) is 15.0. The Morgan fingerprint density at radius 1 is 1.35 bits per heavy atom. The van der Waals surface area contributed by atoms with Gasteiger partial charge in [-0.2, -0.15) is 11.8 Å². The van der Waals surface area contributed by atoms with E-state index in [2.05, 4.69) is 54.6 Å². The molecule has 0 aromatic carbocycles. The van der Waals surface area contributed by atoms with Gasteiger partial charge in [0.2, 0.25) is 5.88 Å². The molecule has 0 atom stereocenters. The molecule has 0 spiro atoms. The number of pyridine rings is 1. The van der Waals surface area contributed by atoms with E-state index in [9.17, 15) is 0 Å². The molecular weight excluding hydrogens is 308 g/mol. The van der Waals surface area contributed by atoms with Crippen molar-refractivity contribution in [1.82, 2.24) is 15.6 Å².